The average molecular weight is 417 g/mol. The highest BCUT2D eigenvalue weighted by atomic mass is 127. The average Bonchev–Trinajstić information content (AvgIpc) is 2.48. The summed E-state index contributed by atoms with van der Waals surface area (Å²) in [4.78, 5) is 6.79. The van der Waals surface area contributed by atoms with Crippen LogP contribution in [0.5, 0.6) is 5.75 Å². The van der Waals surface area contributed by atoms with E-state index in [9.17, 15) is 0 Å². The van der Waals surface area contributed by atoms with Gasteiger partial charge in [0.05, 0.1) is 7.11 Å². The van der Waals surface area contributed by atoms with Crippen LogP contribution in [0.15, 0.2) is 23.2 Å². The molecule has 0 spiro atoms. The van der Waals surface area contributed by atoms with E-state index in [4.69, 9.17) is 4.74 Å². The second-order valence-corrected chi connectivity index (χ2v) is 5.90. The molecule has 1 aliphatic rings. The molecule has 2 rings (SSSR count). The van der Waals surface area contributed by atoms with Crippen LogP contribution in [0.25, 0.3) is 0 Å². The van der Waals surface area contributed by atoms with Crippen LogP contribution in [-0.4, -0.2) is 38.1 Å². The monoisotopic (exact) mass is 417 g/mol. The summed E-state index contributed by atoms with van der Waals surface area (Å²) in [7, 11) is 3.57. The van der Waals surface area contributed by atoms with Crippen LogP contribution in [0.1, 0.15) is 30.9 Å². The van der Waals surface area contributed by atoms with Crippen LogP contribution in [-0.2, 0) is 6.54 Å². The second-order valence-electron chi connectivity index (χ2n) is 5.90. The number of nitrogens with one attached hydrogen (secondary N) is 1. The Morgan fingerprint density at radius 2 is 2.23 bits per heavy atom. The third kappa shape index (κ3) is 5.04. The Labute approximate surface area is 151 Å². The molecule has 0 aromatic heterocycles. The van der Waals surface area contributed by atoms with E-state index in [1.54, 1.807) is 7.11 Å². The fourth-order valence-corrected chi connectivity index (χ4v) is 2.95. The summed E-state index contributed by atoms with van der Waals surface area (Å²) in [6.07, 6.45) is 2.58. The van der Waals surface area contributed by atoms with Gasteiger partial charge in [0.15, 0.2) is 5.96 Å². The summed E-state index contributed by atoms with van der Waals surface area (Å²) in [5, 5.41) is 3.48. The number of rotatable bonds is 3. The van der Waals surface area contributed by atoms with Crippen molar-refractivity contribution in [1.82, 2.24) is 10.2 Å². The molecule has 1 aliphatic heterocycles. The van der Waals surface area contributed by atoms with Crippen molar-refractivity contribution in [3.63, 3.8) is 0 Å². The molecule has 0 bridgehead atoms. The number of guanidine groups is 1. The van der Waals surface area contributed by atoms with Gasteiger partial charge in [0.25, 0.3) is 0 Å². The molecule has 1 aromatic carbocycles. The first kappa shape index (κ1) is 19.1. The van der Waals surface area contributed by atoms with Crippen molar-refractivity contribution < 1.29 is 4.74 Å². The zero-order valence-electron chi connectivity index (χ0n) is 14.1. The predicted octanol–water partition coefficient (Wildman–Crippen LogP) is 3.43. The van der Waals surface area contributed by atoms with Gasteiger partial charge in [-0.1, -0.05) is 19.1 Å². The summed E-state index contributed by atoms with van der Waals surface area (Å²) < 4.78 is 5.30. The van der Waals surface area contributed by atoms with Gasteiger partial charge in [-0.05, 0) is 42.9 Å². The molecule has 5 heteroatoms. The number of hydrogen-bond donors (Lipinski definition) is 1. The van der Waals surface area contributed by atoms with E-state index in [1.807, 2.05) is 13.1 Å². The zero-order valence-corrected chi connectivity index (χ0v) is 16.4. The summed E-state index contributed by atoms with van der Waals surface area (Å²) in [5.74, 6) is 2.70. The van der Waals surface area contributed by atoms with Crippen LogP contribution in [0.3, 0.4) is 0 Å². The summed E-state index contributed by atoms with van der Waals surface area (Å²) >= 11 is 0. The normalized spacial score (nSPS) is 18.6. The van der Waals surface area contributed by atoms with Crippen molar-refractivity contribution in [3.8, 4) is 5.75 Å². The molecule has 0 aliphatic carbocycles. The minimum absolute atomic E-state index is 0. The van der Waals surface area contributed by atoms with Crippen molar-refractivity contribution in [2.75, 3.05) is 27.2 Å². The van der Waals surface area contributed by atoms with Crippen molar-refractivity contribution in [3.05, 3.63) is 29.3 Å². The van der Waals surface area contributed by atoms with Gasteiger partial charge < -0.3 is 15.0 Å². The maximum absolute atomic E-state index is 5.30. The van der Waals surface area contributed by atoms with Crippen LogP contribution in [0, 0.1) is 12.8 Å². The number of ether oxygens (including phenoxy) is 1. The van der Waals surface area contributed by atoms with E-state index in [0.29, 0.717) is 0 Å². The van der Waals surface area contributed by atoms with E-state index < -0.39 is 0 Å². The number of halogens is 1. The Morgan fingerprint density at radius 3 is 2.82 bits per heavy atom. The molecule has 1 fully saturated rings. The van der Waals surface area contributed by atoms with Gasteiger partial charge in [0, 0.05) is 26.7 Å². The Kier molecular flexibility index (Phi) is 8.00. The fraction of sp³-hybridized carbons (Fsp3) is 0.588. The van der Waals surface area contributed by atoms with Crippen molar-refractivity contribution in [2.24, 2.45) is 10.9 Å². The first-order chi connectivity index (χ1) is 10.1. The lowest BCUT2D eigenvalue weighted by atomic mass is 10.0. The zero-order chi connectivity index (χ0) is 15.2. The topological polar surface area (TPSA) is 36.9 Å². The molecule has 0 saturated carbocycles. The van der Waals surface area contributed by atoms with Crippen LogP contribution >= 0.6 is 24.0 Å². The Balaban J connectivity index is 0.00000242. The smallest absolute Gasteiger partial charge is 0.193 e. The van der Waals surface area contributed by atoms with Gasteiger partial charge in [-0.3, -0.25) is 4.99 Å². The largest absolute Gasteiger partial charge is 0.496 e. The lowest BCUT2D eigenvalue weighted by Gasteiger charge is -2.33. The SMILES string of the molecule is CN=C(NCc1ccc(OC)c(C)c1)N1CCCC(C)C1.I. The number of aliphatic imine (C=N–C) groups is 1. The van der Waals surface area contributed by atoms with E-state index in [0.717, 1.165) is 37.3 Å². The minimum Gasteiger partial charge on any atom is -0.496 e. The van der Waals surface area contributed by atoms with Crippen LogP contribution in [0.4, 0.5) is 0 Å². The molecule has 1 heterocycles. The number of benzene rings is 1. The quantitative estimate of drug-likeness (QED) is 0.465. The molecule has 1 atom stereocenters. The highest BCUT2D eigenvalue weighted by Crippen LogP contribution is 2.19. The van der Waals surface area contributed by atoms with Gasteiger partial charge in [-0.15, -0.1) is 24.0 Å². The van der Waals surface area contributed by atoms with E-state index >= 15 is 0 Å². The molecular weight excluding hydrogens is 389 g/mol. The van der Waals surface area contributed by atoms with E-state index in [2.05, 4.69) is 41.2 Å². The molecule has 1 aromatic rings. The van der Waals surface area contributed by atoms with Gasteiger partial charge >= 0.3 is 0 Å². The van der Waals surface area contributed by atoms with Crippen LogP contribution < -0.4 is 10.1 Å². The summed E-state index contributed by atoms with van der Waals surface area (Å²) in [6.45, 7) is 7.38. The maximum atomic E-state index is 5.30. The van der Waals surface area contributed by atoms with Crippen LogP contribution in [0.2, 0.25) is 0 Å². The third-order valence-corrected chi connectivity index (χ3v) is 4.08. The summed E-state index contributed by atoms with van der Waals surface area (Å²) in [5.41, 5.74) is 2.41. The number of nitrogens with zero attached hydrogens (tertiary/aromatic N) is 2. The van der Waals surface area contributed by atoms with E-state index in [-0.39, 0.29) is 24.0 Å². The fourth-order valence-electron chi connectivity index (χ4n) is 2.95. The van der Waals surface area contributed by atoms with Gasteiger partial charge in [0.2, 0.25) is 0 Å². The maximum Gasteiger partial charge on any atom is 0.193 e. The lowest BCUT2D eigenvalue weighted by molar-refractivity contribution is 0.266. The minimum atomic E-state index is 0. The molecule has 124 valence electrons. The first-order valence-electron chi connectivity index (χ1n) is 7.73. The molecule has 0 radical (unpaired) electrons. The molecule has 0 amide bonds. The number of piperidine rings is 1. The molecule has 4 nitrogen and oxygen atoms in total. The molecule has 1 saturated heterocycles. The lowest BCUT2D eigenvalue weighted by Crippen LogP contribution is -2.45. The molecular formula is C17H28IN3O. The Bertz CT molecular complexity index is 505. The van der Waals surface area contributed by atoms with Gasteiger partial charge in [-0.25, -0.2) is 0 Å². The third-order valence-electron chi connectivity index (χ3n) is 4.08. The molecule has 1 unspecified atom stereocenters. The summed E-state index contributed by atoms with van der Waals surface area (Å²) in [6, 6.07) is 6.29. The number of likely N-dealkylation sites (tertiary alicyclic amines) is 1. The van der Waals surface area contributed by atoms with Gasteiger partial charge in [-0.2, -0.15) is 0 Å². The highest BCUT2D eigenvalue weighted by Gasteiger charge is 2.18. The van der Waals surface area contributed by atoms with Crippen molar-refractivity contribution in [1.29, 1.82) is 0 Å². The Morgan fingerprint density at radius 1 is 1.45 bits per heavy atom. The standard InChI is InChI=1S/C17H27N3O.HI/c1-13-6-5-9-20(12-13)17(18-3)19-11-15-7-8-16(21-4)14(2)10-15;/h7-8,10,13H,5-6,9,11-12H2,1-4H3,(H,18,19);1H. The molecule has 1 N–H and O–H groups in total. The second kappa shape index (κ2) is 9.22. The number of methoxy groups -OCH3 is 1. The van der Waals surface area contributed by atoms with Gasteiger partial charge in [0.1, 0.15) is 5.75 Å². The highest BCUT2D eigenvalue weighted by molar-refractivity contribution is 14.0. The first-order valence-corrected chi connectivity index (χ1v) is 7.73. The van der Waals surface area contributed by atoms with Crippen molar-refractivity contribution >= 4 is 29.9 Å². The van der Waals surface area contributed by atoms with Crippen molar-refractivity contribution in [2.45, 2.75) is 33.2 Å². The number of hydrogen-bond acceptors (Lipinski definition) is 2. The predicted molar refractivity (Wildman–Crippen MR) is 103 cm³/mol. The molecule has 22 heavy (non-hydrogen) atoms. The Hall–Kier alpha value is -0.980. The number of aryl methyl sites for hydroxylation is 1. The van der Waals surface area contributed by atoms with E-state index in [1.165, 1.54) is 24.0 Å².